The normalized spacial score (nSPS) is 19.7. The summed E-state index contributed by atoms with van der Waals surface area (Å²) in [6.45, 7) is 4.41. The van der Waals surface area contributed by atoms with E-state index in [0.29, 0.717) is 30.4 Å². The van der Waals surface area contributed by atoms with Crippen LogP contribution in [0.2, 0.25) is 0 Å². The molecule has 1 aliphatic rings. The number of benzene rings is 1. The van der Waals surface area contributed by atoms with Crippen molar-refractivity contribution in [1.29, 1.82) is 0 Å². The van der Waals surface area contributed by atoms with Crippen LogP contribution in [0.1, 0.15) is 26.7 Å². The van der Waals surface area contributed by atoms with Crippen LogP contribution in [0.4, 0.5) is 0 Å². The molecule has 1 aromatic heterocycles. The molecule has 1 atom stereocenters. The molecule has 0 aliphatic carbocycles. The highest BCUT2D eigenvalue weighted by Gasteiger charge is 2.34. The molecule has 1 unspecified atom stereocenters. The second kappa shape index (κ2) is 6.73. The quantitative estimate of drug-likeness (QED) is 0.885. The lowest BCUT2D eigenvalue weighted by Crippen LogP contribution is -2.46. The number of piperidine rings is 1. The Bertz CT molecular complexity index is 847. The van der Waals surface area contributed by atoms with E-state index in [9.17, 15) is 13.2 Å². The van der Waals surface area contributed by atoms with Crippen molar-refractivity contribution in [3.05, 3.63) is 18.2 Å². The Morgan fingerprint density at radius 3 is 2.92 bits per heavy atom. The van der Waals surface area contributed by atoms with Crippen LogP contribution >= 0.6 is 11.7 Å². The standard InChI is InChI=1S/C15H20N4O3S2/c1-10(2)16-15(20)11-5-4-8-19(9-11)24(21,22)13-7-3-6-12-14(13)18-23-17-12/h3,6-7,10-11H,4-5,8-9H2,1-2H3,(H,16,20). The number of fused-ring (bicyclic) bond motifs is 1. The topological polar surface area (TPSA) is 92.3 Å². The molecule has 0 bridgehead atoms. The Hall–Kier alpha value is -1.58. The lowest BCUT2D eigenvalue weighted by molar-refractivity contribution is -0.126. The van der Waals surface area contributed by atoms with E-state index in [-0.39, 0.29) is 29.3 Å². The SMILES string of the molecule is CC(C)NC(=O)C1CCCN(S(=O)(=O)c2cccc3nsnc23)C1. The predicted octanol–water partition coefficient (Wildman–Crippen LogP) is 1.62. The van der Waals surface area contributed by atoms with Crippen LogP contribution < -0.4 is 5.32 Å². The summed E-state index contributed by atoms with van der Waals surface area (Å²) >= 11 is 0.995. The van der Waals surface area contributed by atoms with Crippen LogP contribution in [0.15, 0.2) is 23.1 Å². The molecule has 130 valence electrons. The zero-order valence-electron chi connectivity index (χ0n) is 13.6. The fourth-order valence-corrected chi connectivity index (χ4v) is 5.18. The van der Waals surface area contributed by atoms with Crippen molar-refractivity contribution >= 4 is 38.7 Å². The largest absolute Gasteiger partial charge is 0.354 e. The van der Waals surface area contributed by atoms with E-state index in [1.165, 1.54) is 4.31 Å². The third-order valence-corrected chi connectivity index (χ3v) is 6.49. The summed E-state index contributed by atoms with van der Waals surface area (Å²) in [5, 5.41) is 2.87. The highest BCUT2D eigenvalue weighted by Crippen LogP contribution is 2.28. The van der Waals surface area contributed by atoms with Gasteiger partial charge in [-0.2, -0.15) is 13.1 Å². The Kier molecular flexibility index (Phi) is 4.84. The highest BCUT2D eigenvalue weighted by atomic mass is 32.2. The Morgan fingerprint density at radius 2 is 2.17 bits per heavy atom. The van der Waals surface area contributed by atoms with Crippen LogP contribution in [0.5, 0.6) is 0 Å². The molecule has 1 fully saturated rings. The number of hydrogen-bond acceptors (Lipinski definition) is 6. The van der Waals surface area contributed by atoms with Crippen LogP contribution in [-0.2, 0) is 14.8 Å². The van der Waals surface area contributed by atoms with Crippen LogP contribution in [0.3, 0.4) is 0 Å². The van der Waals surface area contributed by atoms with E-state index in [0.717, 1.165) is 11.7 Å². The van der Waals surface area contributed by atoms with Crippen molar-refractivity contribution in [2.45, 2.75) is 37.6 Å². The van der Waals surface area contributed by atoms with Gasteiger partial charge in [-0.1, -0.05) is 6.07 Å². The van der Waals surface area contributed by atoms with Crippen molar-refractivity contribution in [3.8, 4) is 0 Å². The van der Waals surface area contributed by atoms with E-state index in [4.69, 9.17) is 0 Å². The zero-order chi connectivity index (χ0) is 17.3. The predicted molar refractivity (Wildman–Crippen MR) is 92.2 cm³/mol. The number of aromatic nitrogens is 2. The lowest BCUT2D eigenvalue weighted by atomic mass is 9.98. The van der Waals surface area contributed by atoms with Crippen molar-refractivity contribution in [2.75, 3.05) is 13.1 Å². The second-order valence-electron chi connectivity index (χ2n) is 6.25. The van der Waals surface area contributed by atoms with Gasteiger partial charge in [0.25, 0.3) is 0 Å². The van der Waals surface area contributed by atoms with E-state index < -0.39 is 10.0 Å². The molecule has 3 rings (SSSR count). The first-order valence-corrected chi connectivity index (χ1v) is 10.1. The van der Waals surface area contributed by atoms with Gasteiger partial charge in [-0.3, -0.25) is 4.79 Å². The molecule has 9 heteroatoms. The summed E-state index contributed by atoms with van der Waals surface area (Å²) in [5.41, 5.74) is 0.975. The fourth-order valence-electron chi connectivity index (χ4n) is 2.91. The maximum Gasteiger partial charge on any atom is 0.245 e. The summed E-state index contributed by atoms with van der Waals surface area (Å²) in [7, 11) is -3.70. The number of rotatable bonds is 4. The van der Waals surface area contributed by atoms with Gasteiger partial charge < -0.3 is 5.32 Å². The van der Waals surface area contributed by atoms with Crippen molar-refractivity contribution < 1.29 is 13.2 Å². The van der Waals surface area contributed by atoms with E-state index in [1.54, 1.807) is 18.2 Å². The van der Waals surface area contributed by atoms with Gasteiger partial charge in [0.1, 0.15) is 15.9 Å². The van der Waals surface area contributed by atoms with Gasteiger partial charge in [-0.05, 0) is 38.8 Å². The molecule has 24 heavy (non-hydrogen) atoms. The first-order valence-electron chi connectivity index (χ1n) is 7.91. The molecular formula is C15H20N4O3S2. The number of carbonyl (C=O) groups excluding carboxylic acids is 1. The summed E-state index contributed by atoms with van der Waals surface area (Å²) in [6, 6.07) is 5.01. The van der Waals surface area contributed by atoms with Crippen LogP contribution in [0, 0.1) is 5.92 Å². The summed E-state index contributed by atoms with van der Waals surface area (Å²) in [4.78, 5) is 12.4. The van der Waals surface area contributed by atoms with Gasteiger partial charge in [0.05, 0.1) is 17.6 Å². The van der Waals surface area contributed by atoms with Gasteiger partial charge in [-0.25, -0.2) is 8.42 Å². The lowest BCUT2D eigenvalue weighted by Gasteiger charge is -2.31. The molecule has 1 aromatic carbocycles. The molecule has 7 nitrogen and oxygen atoms in total. The Labute approximate surface area is 145 Å². The third-order valence-electron chi connectivity index (χ3n) is 4.05. The number of carbonyl (C=O) groups is 1. The Morgan fingerprint density at radius 1 is 1.38 bits per heavy atom. The van der Waals surface area contributed by atoms with Crippen molar-refractivity contribution in [2.24, 2.45) is 5.92 Å². The van der Waals surface area contributed by atoms with Gasteiger partial charge >= 0.3 is 0 Å². The number of nitrogens with one attached hydrogen (secondary N) is 1. The maximum absolute atomic E-state index is 13.0. The number of amides is 1. The Balaban J connectivity index is 1.87. The minimum absolute atomic E-state index is 0.0410. The molecule has 2 heterocycles. The number of hydrogen-bond donors (Lipinski definition) is 1. The summed E-state index contributed by atoms with van der Waals surface area (Å²) in [5.74, 6) is -0.401. The minimum atomic E-state index is -3.70. The zero-order valence-corrected chi connectivity index (χ0v) is 15.2. The smallest absolute Gasteiger partial charge is 0.245 e. The van der Waals surface area contributed by atoms with Gasteiger partial charge in [-0.15, -0.1) is 0 Å². The summed E-state index contributed by atoms with van der Waals surface area (Å²) < 4.78 is 35.7. The van der Waals surface area contributed by atoms with Gasteiger partial charge in [0.2, 0.25) is 15.9 Å². The molecule has 0 spiro atoms. The van der Waals surface area contributed by atoms with E-state index >= 15 is 0 Å². The molecule has 0 radical (unpaired) electrons. The van der Waals surface area contributed by atoms with Crippen LogP contribution in [0.25, 0.3) is 11.0 Å². The van der Waals surface area contributed by atoms with Crippen LogP contribution in [-0.4, -0.2) is 46.5 Å². The number of sulfonamides is 1. The van der Waals surface area contributed by atoms with E-state index in [2.05, 4.69) is 14.1 Å². The first-order chi connectivity index (χ1) is 11.4. The third kappa shape index (κ3) is 3.28. The minimum Gasteiger partial charge on any atom is -0.354 e. The molecule has 2 aromatic rings. The number of nitrogens with zero attached hydrogens (tertiary/aromatic N) is 3. The van der Waals surface area contributed by atoms with Crippen molar-refractivity contribution in [1.82, 2.24) is 18.4 Å². The monoisotopic (exact) mass is 368 g/mol. The molecule has 1 aliphatic heterocycles. The highest BCUT2D eigenvalue weighted by molar-refractivity contribution is 7.89. The van der Waals surface area contributed by atoms with Crippen molar-refractivity contribution in [3.63, 3.8) is 0 Å². The molecule has 1 N–H and O–H groups in total. The van der Waals surface area contributed by atoms with Gasteiger partial charge in [0, 0.05) is 19.1 Å². The maximum atomic E-state index is 13.0. The summed E-state index contributed by atoms with van der Waals surface area (Å²) in [6.07, 6.45) is 1.37. The molecule has 1 amide bonds. The average molecular weight is 368 g/mol. The van der Waals surface area contributed by atoms with E-state index in [1.807, 2.05) is 13.8 Å². The second-order valence-corrected chi connectivity index (χ2v) is 8.69. The molecular weight excluding hydrogens is 348 g/mol. The molecule has 0 saturated carbocycles. The average Bonchev–Trinajstić information content (AvgIpc) is 3.02. The fraction of sp³-hybridized carbons (Fsp3) is 0.533. The first kappa shape index (κ1) is 17.2. The molecule has 1 saturated heterocycles. The van der Waals surface area contributed by atoms with Gasteiger partial charge in [0.15, 0.2) is 0 Å².